The van der Waals surface area contributed by atoms with E-state index in [-0.39, 0.29) is 28.0 Å². The van der Waals surface area contributed by atoms with Crippen molar-refractivity contribution in [1.29, 1.82) is 0 Å². The monoisotopic (exact) mass is 731 g/mol. The first-order valence-corrected chi connectivity index (χ1v) is 18.9. The van der Waals surface area contributed by atoms with Crippen LogP contribution in [0.5, 0.6) is 0 Å². The SMILES string of the molecule is CCCN(CCC)c1nn(-c2ccc(C(=O)NS(=O)(=O)c3ccc4cccc(Cl)c4c3)cc2C(=O)N2Cc3ccccc3C[C@H]2C)c(C)c1Cl. The summed E-state index contributed by atoms with van der Waals surface area (Å²) in [6.07, 6.45) is 2.48. The normalized spacial score (nSPS) is 14.4. The number of rotatable bonds is 10. The Kier molecular flexibility index (Phi) is 10.3. The summed E-state index contributed by atoms with van der Waals surface area (Å²) in [5.41, 5.74) is 3.50. The molecule has 9 nitrogen and oxygen atoms in total. The molecule has 5 aromatic rings. The van der Waals surface area contributed by atoms with E-state index in [1.54, 1.807) is 33.8 Å². The highest BCUT2D eigenvalue weighted by Crippen LogP contribution is 2.33. The van der Waals surface area contributed by atoms with Gasteiger partial charge in [0, 0.05) is 41.6 Å². The van der Waals surface area contributed by atoms with Crippen molar-refractivity contribution in [3.63, 3.8) is 0 Å². The molecule has 0 saturated carbocycles. The molecule has 12 heteroatoms. The van der Waals surface area contributed by atoms with Crippen LogP contribution >= 0.6 is 23.2 Å². The topological polar surface area (TPSA) is 105 Å². The van der Waals surface area contributed by atoms with Gasteiger partial charge in [-0.1, -0.05) is 79.5 Å². The number of nitrogens with zero attached hydrogens (tertiary/aromatic N) is 4. The molecule has 4 aromatic carbocycles. The largest absolute Gasteiger partial charge is 0.354 e. The molecule has 0 bridgehead atoms. The van der Waals surface area contributed by atoms with Gasteiger partial charge in [-0.3, -0.25) is 9.59 Å². The minimum Gasteiger partial charge on any atom is -0.354 e. The second-order valence-electron chi connectivity index (χ2n) is 12.7. The first-order valence-electron chi connectivity index (χ1n) is 16.7. The standard InChI is InChI=1S/C38H39Cl2N5O4S/c1-5-18-43(19-6-2)36-35(40)25(4)45(41-36)34-17-15-28(21-32(34)38(47)44-23-29-11-8-7-10-27(29)20-24(44)3)37(46)42-50(48,49)30-16-14-26-12-9-13-33(39)31(26)22-30/h7-17,21-22,24H,5-6,18-20,23H2,1-4H3,(H,42,46)/t24-/m1/s1. The van der Waals surface area contributed by atoms with Crippen LogP contribution in [0.1, 0.15) is 71.1 Å². The Morgan fingerprint density at radius 1 is 0.940 bits per heavy atom. The molecule has 50 heavy (non-hydrogen) atoms. The minimum absolute atomic E-state index is 0.000665. The molecule has 1 aliphatic heterocycles. The first-order chi connectivity index (χ1) is 23.9. The number of carbonyl (C=O) groups excluding carboxylic acids is 2. The maximum absolute atomic E-state index is 14.6. The van der Waals surface area contributed by atoms with Crippen molar-refractivity contribution >= 4 is 61.6 Å². The molecule has 6 rings (SSSR count). The molecule has 0 aliphatic carbocycles. The fraction of sp³-hybridized carbons (Fsp3) is 0.289. The molecular weight excluding hydrogens is 693 g/mol. The molecule has 1 atom stereocenters. The highest BCUT2D eigenvalue weighted by Gasteiger charge is 2.31. The fourth-order valence-corrected chi connectivity index (χ4v) is 8.00. The Labute approximate surface area is 302 Å². The number of nitrogens with one attached hydrogen (secondary N) is 1. The van der Waals surface area contributed by atoms with Crippen LogP contribution in [-0.2, 0) is 23.0 Å². The summed E-state index contributed by atoms with van der Waals surface area (Å²) < 4.78 is 30.7. The van der Waals surface area contributed by atoms with Crippen LogP contribution in [-0.4, -0.2) is 54.0 Å². The number of fused-ring (bicyclic) bond motifs is 2. The zero-order valence-electron chi connectivity index (χ0n) is 28.4. The molecule has 2 heterocycles. The Bertz CT molecular complexity index is 2210. The van der Waals surface area contributed by atoms with E-state index >= 15 is 0 Å². The maximum Gasteiger partial charge on any atom is 0.265 e. The van der Waals surface area contributed by atoms with Gasteiger partial charge in [-0.25, -0.2) is 17.8 Å². The van der Waals surface area contributed by atoms with Crippen molar-refractivity contribution in [3.05, 3.63) is 117 Å². The average Bonchev–Trinajstić information content (AvgIpc) is 3.40. The van der Waals surface area contributed by atoms with Gasteiger partial charge in [0.15, 0.2) is 5.82 Å². The summed E-state index contributed by atoms with van der Waals surface area (Å²) in [5, 5.41) is 7.08. The highest BCUT2D eigenvalue weighted by atomic mass is 35.5. The summed E-state index contributed by atoms with van der Waals surface area (Å²) >= 11 is 13.2. The zero-order valence-corrected chi connectivity index (χ0v) is 30.7. The third-order valence-corrected chi connectivity index (χ3v) is 11.2. The van der Waals surface area contributed by atoms with Gasteiger partial charge in [0.2, 0.25) is 0 Å². The molecule has 2 amide bonds. The van der Waals surface area contributed by atoms with E-state index in [1.807, 2.05) is 38.1 Å². The molecular formula is C38H39Cl2N5O4S. The summed E-state index contributed by atoms with van der Waals surface area (Å²) in [6.45, 7) is 9.92. The third-order valence-electron chi connectivity index (χ3n) is 9.14. The van der Waals surface area contributed by atoms with E-state index in [2.05, 4.69) is 29.5 Å². The molecule has 0 saturated heterocycles. The van der Waals surface area contributed by atoms with Gasteiger partial charge in [-0.05, 0) is 86.0 Å². The van der Waals surface area contributed by atoms with E-state index in [4.69, 9.17) is 28.3 Å². The fourth-order valence-electron chi connectivity index (χ4n) is 6.53. The van der Waals surface area contributed by atoms with Crippen molar-refractivity contribution in [2.24, 2.45) is 0 Å². The molecule has 1 N–H and O–H groups in total. The Morgan fingerprint density at radius 3 is 2.38 bits per heavy atom. The summed E-state index contributed by atoms with van der Waals surface area (Å²) in [7, 11) is -4.30. The molecule has 0 radical (unpaired) electrons. The lowest BCUT2D eigenvalue weighted by molar-refractivity contribution is 0.0658. The zero-order chi connectivity index (χ0) is 35.7. The van der Waals surface area contributed by atoms with Gasteiger partial charge in [-0.2, -0.15) is 0 Å². The van der Waals surface area contributed by atoms with Crippen LogP contribution < -0.4 is 9.62 Å². The smallest absolute Gasteiger partial charge is 0.265 e. The highest BCUT2D eigenvalue weighted by molar-refractivity contribution is 7.90. The summed E-state index contributed by atoms with van der Waals surface area (Å²) in [6, 6.07) is 22.2. The molecule has 0 fully saturated rings. The van der Waals surface area contributed by atoms with Crippen LogP contribution in [0.3, 0.4) is 0 Å². The minimum atomic E-state index is -4.30. The predicted molar refractivity (Wildman–Crippen MR) is 199 cm³/mol. The molecule has 0 spiro atoms. The van der Waals surface area contributed by atoms with Gasteiger partial charge in [0.05, 0.1) is 21.8 Å². The second kappa shape index (κ2) is 14.5. The number of hydrogen-bond acceptors (Lipinski definition) is 6. The van der Waals surface area contributed by atoms with Gasteiger partial charge < -0.3 is 9.80 Å². The number of hydrogen-bond donors (Lipinski definition) is 1. The van der Waals surface area contributed by atoms with Gasteiger partial charge in [0.1, 0.15) is 5.02 Å². The van der Waals surface area contributed by atoms with Crippen LogP contribution in [0.4, 0.5) is 5.82 Å². The van der Waals surface area contributed by atoms with E-state index < -0.39 is 15.9 Å². The number of benzene rings is 4. The van der Waals surface area contributed by atoms with Crippen molar-refractivity contribution in [3.8, 4) is 5.69 Å². The van der Waals surface area contributed by atoms with Crippen LogP contribution in [0.2, 0.25) is 10.0 Å². The van der Waals surface area contributed by atoms with Gasteiger partial charge in [-0.15, -0.1) is 5.10 Å². The Morgan fingerprint density at radius 2 is 1.66 bits per heavy atom. The molecule has 1 aromatic heterocycles. The number of aromatic nitrogens is 2. The lowest BCUT2D eigenvalue weighted by Gasteiger charge is -2.35. The van der Waals surface area contributed by atoms with Crippen molar-refractivity contribution in [1.82, 2.24) is 19.4 Å². The van der Waals surface area contributed by atoms with E-state index in [0.29, 0.717) is 45.6 Å². The number of halogens is 2. The van der Waals surface area contributed by atoms with Crippen LogP contribution in [0, 0.1) is 6.92 Å². The number of sulfonamides is 1. The first kappa shape index (κ1) is 35.4. The van der Waals surface area contributed by atoms with E-state index in [9.17, 15) is 18.0 Å². The average molecular weight is 733 g/mol. The lowest BCUT2D eigenvalue weighted by atomic mass is 9.94. The quantitative estimate of drug-likeness (QED) is 0.156. The Hall–Kier alpha value is -4.38. The molecule has 0 unspecified atom stereocenters. The predicted octanol–water partition coefficient (Wildman–Crippen LogP) is 7.97. The third kappa shape index (κ3) is 6.84. The summed E-state index contributed by atoms with van der Waals surface area (Å²) in [5.74, 6) is -0.569. The molecule has 1 aliphatic rings. The van der Waals surface area contributed by atoms with Crippen molar-refractivity contribution in [2.75, 3.05) is 18.0 Å². The molecule has 260 valence electrons. The van der Waals surface area contributed by atoms with Gasteiger partial charge >= 0.3 is 0 Å². The van der Waals surface area contributed by atoms with E-state index in [1.165, 1.54) is 29.8 Å². The van der Waals surface area contributed by atoms with Crippen LogP contribution in [0.15, 0.2) is 83.8 Å². The van der Waals surface area contributed by atoms with Crippen LogP contribution in [0.25, 0.3) is 16.5 Å². The number of carbonyl (C=O) groups is 2. The van der Waals surface area contributed by atoms with Crippen molar-refractivity contribution in [2.45, 2.75) is 64.4 Å². The second-order valence-corrected chi connectivity index (χ2v) is 15.1. The lowest BCUT2D eigenvalue weighted by Crippen LogP contribution is -2.43. The van der Waals surface area contributed by atoms with Gasteiger partial charge in [0.25, 0.3) is 21.8 Å². The maximum atomic E-state index is 14.6. The Balaban J connectivity index is 1.41. The van der Waals surface area contributed by atoms with E-state index in [0.717, 1.165) is 36.9 Å². The number of amides is 2. The van der Waals surface area contributed by atoms with Crippen molar-refractivity contribution < 1.29 is 18.0 Å². The summed E-state index contributed by atoms with van der Waals surface area (Å²) in [4.78, 5) is 32.0. The number of anilines is 1.